The standard InChI is InChI=1S/C33H40O3/c1-3-5-6-7-8-9-10-11-12-25-35-33(34)31-19-17-29(18-20-31)30-21-23-32(24-22-30)36-26-28-15-13-27(4-2)14-16-28/h4,13-24H,2-3,5-12,25-26H2,1H3. The van der Waals surface area contributed by atoms with Gasteiger partial charge in [-0.15, -0.1) is 0 Å². The van der Waals surface area contributed by atoms with Gasteiger partial charge >= 0.3 is 5.97 Å². The van der Waals surface area contributed by atoms with Crippen molar-refractivity contribution in [3.05, 3.63) is 96.1 Å². The quantitative estimate of drug-likeness (QED) is 0.150. The van der Waals surface area contributed by atoms with Gasteiger partial charge in [-0.3, -0.25) is 0 Å². The van der Waals surface area contributed by atoms with Crippen molar-refractivity contribution >= 4 is 12.0 Å². The maximum Gasteiger partial charge on any atom is 0.338 e. The molecule has 0 aliphatic carbocycles. The molecule has 0 N–H and O–H groups in total. The molecule has 3 aromatic carbocycles. The Morgan fingerprint density at radius 3 is 1.86 bits per heavy atom. The van der Waals surface area contributed by atoms with E-state index in [-0.39, 0.29) is 5.97 Å². The molecule has 0 aromatic heterocycles. The molecule has 190 valence electrons. The molecule has 0 unspecified atom stereocenters. The molecule has 3 heteroatoms. The zero-order chi connectivity index (χ0) is 25.4. The van der Waals surface area contributed by atoms with Crippen LogP contribution in [0.15, 0.2) is 79.4 Å². The summed E-state index contributed by atoms with van der Waals surface area (Å²) in [6, 6.07) is 23.8. The molecule has 3 rings (SSSR count). The van der Waals surface area contributed by atoms with Gasteiger partial charge in [0.1, 0.15) is 12.4 Å². The fraction of sp³-hybridized carbons (Fsp3) is 0.364. The van der Waals surface area contributed by atoms with Gasteiger partial charge in [-0.2, -0.15) is 0 Å². The molecule has 0 bridgehead atoms. The van der Waals surface area contributed by atoms with Gasteiger partial charge in [0.2, 0.25) is 0 Å². The number of ether oxygens (including phenoxy) is 2. The number of carbonyl (C=O) groups is 1. The number of benzene rings is 3. The molecule has 0 saturated carbocycles. The van der Waals surface area contributed by atoms with Crippen LogP contribution < -0.4 is 4.74 Å². The topological polar surface area (TPSA) is 35.5 Å². The molecule has 0 aliphatic heterocycles. The van der Waals surface area contributed by atoms with Gasteiger partial charge in [0.05, 0.1) is 12.2 Å². The molecule has 3 nitrogen and oxygen atoms in total. The van der Waals surface area contributed by atoms with Crippen molar-refractivity contribution in [3.63, 3.8) is 0 Å². The molecule has 36 heavy (non-hydrogen) atoms. The van der Waals surface area contributed by atoms with Crippen LogP contribution in [0.4, 0.5) is 0 Å². The number of hydrogen-bond donors (Lipinski definition) is 0. The second-order valence-electron chi connectivity index (χ2n) is 9.30. The maximum absolute atomic E-state index is 12.4. The summed E-state index contributed by atoms with van der Waals surface area (Å²) in [7, 11) is 0. The molecule has 0 atom stereocenters. The predicted molar refractivity (Wildman–Crippen MR) is 150 cm³/mol. The molecular weight excluding hydrogens is 444 g/mol. The third kappa shape index (κ3) is 9.37. The van der Waals surface area contributed by atoms with E-state index in [1.807, 2.05) is 66.7 Å². The minimum atomic E-state index is -0.244. The Labute approximate surface area is 217 Å². The third-order valence-corrected chi connectivity index (χ3v) is 6.41. The van der Waals surface area contributed by atoms with Gasteiger partial charge in [0.25, 0.3) is 0 Å². The van der Waals surface area contributed by atoms with E-state index in [2.05, 4.69) is 25.6 Å². The first-order valence-electron chi connectivity index (χ1n) is 13.4. The summed E-state index contributed by atoms with van der Waals surface area (Å²) in [5, 5.41) is 0. The molecule has 0 saturated heterocycles. The zero-order valence-electron chi connectivity index (χ0n) is 21.7. The van der Waals surface area contributed by atoms with Gasteiger partial charge in [0.15, 0.2) is 0 Å². The van der Waals surface area contributed by atoms with Gasteiger partial charge in [0, 0.05) is 0 Å². The highest BCUT2D eigenvalue weighted by molar-refractivity contribution is 5.90. The van der Waals surface area contributed by atoms with Crippen molar-refractivity contribution in [2.75, 3.05) is 6.61 Å². The van der Waals surface area contributed by atoms with E-state index >= 15 is 0 Å². The number of unbranched alkanes of at least 4 members (excludes halogenated alkanes) is 8. The average molecular weight is 485 g/mol. The van der Waals surface area contributed by atoms with E-state index in [0.717, 1.165) is 40.8 Å². The summed E-state index contributed by atoms with van der Waals surface area (Å²) in [6.07, 6.45) is 13.1. The predicted octanol–water partition coefficient (Wildman–Crippen LogP) is 9.26. The Morgan fingerprint density at radius 1 is 0.722 bits per heavy atom. The van der Waals surface area contributed by atoms with Crippen molar-refractivity contribution in [3.8, 4) is 16.9 Å². The van der Waals surface area contributed by atoms with E-state index < -0.39 is 0 Å². The van der Waals surface area contributed by atoms with E-state index in [1.54, 1.807) is 0 Å². The number of esters is 1. The zero-order valence-corrected chi connectivity index (χ0v) is 21.7. The minimum absolute atomic E-state index is 0.244. The Kier molecular flexibility index (Phi) is 11.8. The summed E-state index contributed by atoms with van der Waals surface area (Å²) in [5.41, 5.74) is 4.94. The molecule has 0 aliphatic rings. The highest BCUT2D eigenvalue weighted by Gasteiger charge is 2.08. The van der Waals surface area contributed by atoms with Crippen molar-refractivity contribution in [1.82, 2.24) is 0 Å². The first kappa shape index (κ1) is 27.3. The second-order valence-corrected chi connectivity index (χ2v) is 9.30. The molecule has 0 spiro atoms. The largest absolute Gasteiger partial charge is 0.489 e. The summed E-state index contributed by atoms with van der Waals surface area (Å²) in [4.78, 5) is 12.4. The lowest BCUT2D eigenvalue weighted by molar-refractivity contribution is 0.0497. The summed E-state index contributed by atoms with van der Waals surface area (Å²) in [6.45, 7) is 7.04. The Bertz CT molecular complexity index is 1030. The molecule has 0 radical (unpaired) electrons. The van der Waals surface area contributed by atoms with Crippen LogP contribution in [-0.4, -0.2) is 12.6 Å². The number of hydrogen-bond acceptors (Lipinski definition) is 3. The first-order valence-corrected chi connectivity index (χ1v) is 13.4. The highest BCUT2D eigenvalue weighted by Crippen LogP contribution is 2.24. The Hall–Kier alpha value is -3.33. The molecule has 3 aromatic rings. The molecular formula is C33H40O3. The number of carbonyl (C=O) groups excluding carboxylic acids is 1. The second kappa shape index (κ2) is 15.6. The van der Waals surface area contributed by atoms with Gasteiger partial charge in [-0.25, -0.2) is 4.79 Å². The van der Waals surface area contributed by atoms with Crippen LogP contribution in [0, 0.1) is 0 Å². The average Bonchev–Trinajstić information content (AvgIpc) is 2.93. The van der Waals surface area contributed by atoms with Crippen LogP contribution in [-0.2, 0) is 11.3 Å². The van der Waals surface area contributed by atoms with Crippen LogP contribution in [0.25, 0.3) is 17.2 Å². The van der Waals surface area contributed by atoms with E-state index in [0.29, 0.717) is 18.8 Å². The van der Waals surface area contributed by atoms with Gasteiger partial charge in [-0.05, 0) is 52.9 Å². The van der Waals surface area contributed by atoms with Crippen LogP contribution in [0.1, 0.15) is 86.2 Å². The van der Waals surface area contributed by atoms with Crippen molar-refractivity contribution in [2.24, 2.45) is 0 Å². The fourth-order valence-corrected chi connectivity index (χ4v) is 4.12. The van der Waals surface area contributed by atoms with Crippen LogP contribution in [0.5, 0.6) is 5.75 Å². The van der Waals surface area contributed by atoms with Crippen LogP contribution in [0.2, 0.25) is 0 Å². The summed E-state index contributed by atoms with van der Waals surface area (Å²) in [5.74, 6) is 0.578. The van der Waals surface area contributed by atoms with E-state index in [9.17, 15) is 4.79 Å². The van der Waals surface area contributed by atoms with Crippen molar-refractivity contribution in [1.29, 1.82) is 0 Å². The van der Waals surface area contributed by atoms with E-state index in [4.69, 9.17) is 9.47 Å². The van der Waals surface area contributed by atoms with Crippen molar-refractivity contribution in [2.45, 2.75) is 71.3 Å². The minimum Gasteiger partial charge on any atom is -0.489 e. The van der Waals surface area contributed by atoms with Crippen LogP contribution >= 0.6 is 0 Å². The van der Waals surface area contributed by atoms with Crippen molar-refractivity contribution < 1.29 is 14.3 Å². The Balaban J connectivity index is 1.37. The lowest BCUT2D eigenvalue weighted by atomic mass is 10.0. The van der Waals surface area contributed by atoms with E-state index in [1.165, 1.54) is 44.9 Å². The normalized spacial score (nSPS) is 10.7. The molecule has 0 heterocycles. The maximum atomic E-state index is 12.4. The smallest absolute Gasteiger partial charge is 0.338 e. The van der Waals surface area contributed by atoms with Crippen LogP contribution in [0.3, 0.4) is 0 Å². The molecule has 0 fully saturated rings. The molecule has 0 amide bonds. The Morgan fingerprint density at radius 2 is 1.28 bits per heavy atom. The third-order valence-electron chi connectivity index (χ3n) is 6.41. The summed E-state index contributed by atoms with van der Waals surface area (Å²) < 4.78 is 11.4. The number of rotatable bonds is 16. The lowest BCUT2D eigenvalue weighted by Gasteiger charge is -2.09. The fourth-order valence-electron chi connectivity index (χ4n) is 4.12. The summed E-state index contributed by atoms with van der Waals surface area (Å²) >= 11 is 0. The lowest BCUT2D eigenvalue weighted by Crippen LogP contribution is -2.06. The highest BCUT2D eigenvalue weighted by atomic mass is 16.5. The monoisotopic (exact) mass is 484 g/mol. The SMILES string of the molecule is C=Cc1ccc(COc2ccc(-c3ccc(C(=O)OCCCCCCCCCCC)cc3)cc2)cc1. The first-order chi connectivity index (χ1) is 17.7. The van der Waals surface area contributed by atoms with Gasteiger partial charge in [-0.1, -0.05) is 119 Å². The van der Waals surface area contributed by atoms with Gasteiger partial charge < -0.3 is 9.47 Å².